The van der Waals surface area contributed by atoms with Gasteiger partial charge in [-0.05, 0) is 88.9 Å². The predicted molar refractivity (Wildman–Crippen MR) is 182 cm³/mol. The lowest BCUT2D eigenvalue weighted by molar-refractivity contribution is -0.137. The molecule has 1 atom stereocenters. The lowest BCUT2D eigenvalue weighted by Gasteiger charge is -2.36. The Labute approximate surface area is 275 Å². The van der Waals surface area contributed by atoms with Gasteiger partial charge in [0.2, 0.25) is 17.8 Å². The Kier molecular flexibility index (Phi) is 10.3. The molecule has 0 radical (unpaired) electrons. The van der Waals surface area contributed by atoms with Gasteiger partial charge in [0.25, 0.3) is 0 Å². The van der Waals surface area contributed by atoms with Crippen molar-refractivity contribution in [2.24, 2.45) is 0 Å². The molecule has 14 heteroatoms. The Morgan fingerprint density at radius 2 is 1.81 bits per heavy atom. The Morgan fingerprint density at radius 1 is 1.09 bits per heavy atom. The molecule has 13 nitrogen and oxygen atoms in total. The van der Waals surface area contributed by atoms with Crippen molar-refractivity contribution in [3.8, 4) is 5.75 Å². The van der Waals surface area contributed by atoms with Gasteiger partial charge >= 0.3 is 0 Å². The number of anilines is 4. The van der Waals surface area contributed by atoms with Gasteiger partial charge in [0.1, 0.15) is 5.75 Å². The van der Waals surface area contributed by atoms with Crippen molar-refractivity contribution in [3.05, 3.63) is 59.8 Å². The van der Waals surface area contributed by atoms with Crippen LogP contribution in [0, 0.1) is 6.92 Å². The second-order valence-electron chi connectivity index (χ2n) is 12.2. The fraction of sp³-hybridized carbons (Fsp3) is 0.455. The van der Waals surface area contributed by atoms with E-state index in [4.69, 9.17) is 4.74 Å². The Morgan fingerprint density at radius 3 is 2.49 bits per heavy atom. The summed E-state index contributed by atoms with van der Waals surface area (Å²) in [6.07, 6.45) is 3.27. The first kappa shape index (κ1) is 34.1. The molecule has 3 N–H and O–H groups in total. The number of piperidine rings is 1. The van der Waals surface area contributed by atoms with Gasteiger partial charge in [-0.1, -0.05) is 12.1 Å². The van der Waals surface area contributed by atoms with Gasteiger partial charge in [-0.3, -0.25) is 9.69 Å². The van der Waals surface area contributed by atoms with E-state index in [0.29, 0.717) is 48.4 Å². The van der Waals surface area contributed by atoms with E-state index in [9.17, 15) is 18.3 Å². The average Bonchev–Trinajstić information content (AvgIpc) is 3.54. The first-order valence-corrected chi connectivity index (χ1v) is 17.4. The number of likely N-dealkylation sites (tertiary alicyclic amines) is 1. The number of nitrogens with one attached hydrogen (secondary N) is 2. The molecule has 0 saturated carbocycles. The first-order chi connectivity index (χ1) is 22.4. The number of carbonyl (C=O) groups excluding carboxylic acids is 1. The number of likely N-dealkylation sites (N-methyl/N-ethyl adjacent to an activating group) is 1. The van der Waals surface area contributed by atoms with E-state index in [1.807, 2.05) is 35.9 Å². The minimum atomic E-state index is -3.57. The largest absolute Gasteiger partial charge is 0.495 e. The van der Waals surface area contributed by atoms with Crippen molar-refractivity contribution in [2.75, 3.05) is 51.0 Å². The second-order valence-corrected chi connectivity index (χ2v) is 14.7. The molecular weight excluding hydrogens is 620 g/mol. The van der Waals surface area contributed by atoms with Crippen molar-refractivity contribution >= 4 is 44.7 Å². The number of para-hydroxylation sites is 1. The summed E-state index contributed by atoms with van der Waals surface area (Å²) < 4.78 is 33.5. The average molecular weight is 665 g/mol. The summed E-state index contributed by atoms with van der Waals surface area (Å²) in [7, 11) is -0.0980. The molecule has 2 aromatic heterocycles. The van der Waals surface area contributed by atoms with E-state index in [2.05, 4.69) is 32.6 Å². The number of hydrogen-bond donors (Lipinski definition) is 3. The topological polar surface area (TPSA) is 154 Å². The molecule has 5 rings (SSSR count). The number of aryl methyl sites for hydroxylation is 1. The molecule has 1 aliphatic rings. The van der Waals surface area contributed by atoms with Crippen LogP contribution in [0.5, 0.6) is 5.75 Å². The second kappa shape index (κ2) is 14.2. The van der Waals surface area contributed by atoms with Crippen LogP contribution in [0.25, 0.3) is 5.65 Å². The molecule has 0 aliphatic carbocycles. The van der Waals surface area contributed by atoms with E-state index >= 15 is 0 Å². The van der Waals surface area contributed by atoms with Crippen LogP contribution in [0.4, 0.5) is 23.3 Å². The van der Waals surface area contributed by atoms with Crippen molar-refractivity contribution in [3.63, 3.8) is 0 Å². The van der Waals surface area contributed by atoms with Gasteiger partial charge in [0.05, 0.1) is 47.5 Å². The van der Waals surface area contributed by atoms with Crippen molar-refractivity contribution in [2.45, 2.75) is 62.6 Å². The first-order valence-electron chi connectivity index (χ1n) is 15.8. The van der Waals surface area contributed by atoms with E-state index < -0.39 is 15.1 Å². The predicted octanol–water partition coefficient (Wildman–Crippen LogP) is 4.13. The number of aromatic nitrogens is 4. The van der Waals surface area contributed by atoms with Crippen LogP contribution in [-0.4, -0.2) is 101 Å². The number of benzene rings is 2. The van der Waals surface area contributed by atoms with Crippen LogP contribution in [0.3, 0.4) is 0 Å². The number of aliphatic hydroxyl groups excluding tert-OH is 1. The Balaban J connectivity index is 1.37. The molecule has 0 bridgehead atoms. The van der Waals surface area contributed by atoms with Crippen molar-refractivity contribution in [1.82, 2.24) is 29.4 Å². The molecule has 0 unspecified atom stereocenters. The number of carbonyl (C=O) groups is 1. The van der Waals surface area contributed by atoms with Crippen LogP contribution in [-0.2, 0) is 14.6 Å². The molecule has 0 spiro atoms. The quantitative estimate of drug-likeness (QED) is 0.200. The van der Waals surface area contributed by atoms with E-state index in [1.165, 1.54) is 10.1 Å². The van der Waals surface area contributed by atoms with Crippen LogP contribution >= 0.6 is 0 Å². The fourth-order valence-corrected chi connectivity index (χ4v) is 7.10. The number of sulfone groups is 1. The van der Waals surface area contributed by atoms with Crippen LogP contribution in [0.1, 0.15) is 50.7 Å². The van der Waals surface area contributed by atoms with E-state index in [-0.39, 0.29) is 35.3 Å². The number of rotatable bonds is 12. The maximum atomic E-state index is 13.1. The third-order valence-corrected chi connectivity index (χ3v) is 11.1. The van der Waals surface area contributed by atoms with Crippen LogP contribution in [0.15, 0.2) is 53.6 Å². The molecule has 1 aliphatic heterocycles. The molecule has 2 aromatic carbocycles. The zero-order valence-corrected chi connectivity index (χ0v) is 28.6. The SMILES string of the molecule is COc1cc(C2CCN(C(=O)[C@H](C)N(C)CCO)CC2)c(C)cc1Nc1nc(Nc2ccccc2S(=O)(=O)C(C)C)n2nccc2n1. The van der Waals surface area contributed by atoms with Gasteiger partial charge in [-0.25, -0.2) is 8.42 Å². The van der Waals surface area contributed by atoms with Gasteiger partial charge in [0.15, 0.2) is 15.5 Å². The van der Waals surface area contributed by atoms with E-state index in [0.717, 1.165) is 18.4 Å². The van der Waals surface area contributed by atoms with Gasteiger partial charge in [-0.15, -0.1) is 0 Å². The van der Waals surface area contributed by atoms with Gasteiger partial charge < -0.3 is 25.4 Å². The summed E-state index contributed by atoms with van der Waals surface area (Å²) in [5, 5.41) is 19.4. The highest BCUT2D eigenvalue weighted by atomic mass is 32.2. The number of nitrogens with zero attached hydrogens (tertiary/aromatic N) is 6. The number of fused-ring (bicyclic) bond motifs is 1. The number of ether oxygens (including phenoxy) is 1. The number of amides is 1. The normalized spacial score (nSPS) is 15.0. The number of hydrogen-bond acceptors (Lipinski definition) is 11. The van der Waals surface area contributed by atoms with Crippen LogP contribution in [0.2, 0.25) is 0 Å². The summed E-state index contributed by atoms with van der Waals surface area (Å²) in [6, 6.07) is 12.2. The monoisotopic (exact) mass is 664 g/mol. The zero-order chi connectivity index (χ0) is 33.9. The molecule has 4 aromatic rings. The summed E-state index contributed by atoms with van der Waals surface area (Å²) in [5.41, 5.74) is 3.83. The molecule has 47 heavy (non-hydrogen) atoms. The Hall–Kier alpha value is -4.27. The lowest BCUT2D eigenvalue weighted by atomic mass is 9.86. The maximum Gasteiger partial charge on any atom is 0.239 e. The molecule has 1 saturated heterocycles. The summed E-state index contributed by atoms with van der Waals surface area (Å²) >= 11 is 0. The summed E-state index contributed by atoms with van der Waals surface area (Å²) in [6.45, 7) is 9.05. The Bertz CT molecular complexity index is 1840. The van der Waals surface area contributed by atoms with Gasteiger partial charge in [0, 0.05) is 25.7 Å². The highest BCUT2D eigenvalue weighted by molar-refractivity contribution is 7.92. The molecule has 1 fully saturated rings. The maximum absolute atomic E-state index is 13.1. The van der Waals surface area contributed by atoms with Crippen molar-refractivity contribution < 1.29 is 23.1 Å². The van der Waals surface area contributed by atoms with Gasteiger partial charge in [-0.2, -0.15) is 19.6 Å². The minimum Gasteiger partial charge on any atom is -0.495 e. The van der Waals surface area contributed by atoms with Crippen LogP contribution < -0.4 is 15.4 Å². The molecule has 3 heterocycles. The standard InChI is InChI=1S/C33H44N8O5S/c1-21(2)47(44,45)29-10-8-7-9-26(29)36-33-38-32(37-30-11-14-34-41(30)33)35-27-19-22(3)25(20-28(27)46-6)24-12-15-40(16-13-24)31(43)23(4)39(5)17-18-42/h7-11,14,19-21,23-24,42H,12-13,15-18H2,1-6H3,(H2,35,36,37,38)/t23-/m0/s1. The molecule has 252 valence electrons. The van der Waals surface area contributed by atoms with Crippen molar-refractivity contribution in [1.29, 1.82) is 0 Å². The molecular formula is C33H44N8O5S. The lowest BCUT2D eigenvalue weighted by Crippen LogP contribution is -2.48. The number of aliphatic hydroxyl groups is 1. The zero-order valence-electron chi connectivity index (χ0n) is 27.8. The molecule has 1 amide bonds. The fourth-order valence-electron chi connectivity index (χ4n) is 5.90. The highest BCUT2D eigenvalue weighted by Crippen LogP contribution is 2.38. The minimum absolute atomic E-state index is 0.0179. The summed E-state index contributed by atoms with van der Waals surface area (Å²) in [5.74, 6) is 1.55. The third-order valence-electron chi connectivity index (χ3n) is 8.87. The van der Waals surface area contributed by atoms with E-state index in [1.54, 1.807) is 57.5 Å². The third kappa shape index (κ3) is 7.19. The summed E-state index contributed by atoms with van der Waals surface area (Å²) in [4.78, 5) is 26.3. The highest BCUT2D eigenvalue weighted by Gasteiger charge is 2.30. The smallest absolute Gasteiger partial charge is 0.239 e. The number of methoxy groups -OCH3 is 1.